The second kappa shape index (κ2) is 8.99. The molecule has 132 valence electrons. The molecule has 4 nitrogen and oxygen atoms in total. The number of benzene rings is 2. The maximum absolute atomic E-state index is 12.2. The van der Waals surface area contributed by atoms with Gasteiger partial charge >= 0.3 is 0 Å². The molecule has 0 radical (unpaired) electrons. The Hall–Kier alpha value is -1.88. The molecule has 2 N–H and O–H groups in total. The third-order valence-corrected chi connectivity index (χ3v) is 4.40. The molecule has 2 aromatic carbocycles. The number of halogens is 2. The van der Waals surface area contributed by atoms with Crippen molar-refractivity contribution < 1.29 is 9.59 Å². The van der Waals surface area contributed by atoms with Crippen molar-refractivity contribution in [3.8, 4) is 0 Å². The minimum Gasteiger partial charge on any atom is -0.325 e. The summed E-state index contributed by atoms with van der Waals surface area (Å²) in [5, 5.41) is 7.21. The third kappa shape index (κ3) is 5.85. The summed E-state index contributed by atoms with van der Waals surface area (Å²) < 4.78 is 0. The lowest BCUT2D eigenvalue weighted by Gasteiger charge is -2.14. The average molecular weight is 379 g/mol. The van der Waals surface area contributed by atoms with E-state index in [0.29, 0.717) is 34.3 Å². The van der Waals surface area contributed by atoms with Crippen molar-refractivity contribution in [1.29, 1.82) is 0 Å². The van der Waals surface area contributed by atoms with Crippen LogP contribution in [0.3, 0.4) is 0 Å². The molecule has 0 fully saturated rings. The SMILES string of the molecule is CC(=O)c1ccc(NC(=O)[C@@H](C)NCCc2ccc(Cl)cc2Cl)cc1. The number of nitrogens with one attached hydrogen (secondary N) is 2. The molecule has 25 heavy (non-hydrogen) atoms. The van der Waals surface area contributed by atoms with Crippen molar-refractivity contribution >= 4 is 40.6 Å². The Morgan fingerprint density at radius 3 is 2.36 bits per heavy atom. The van der Waals surface area contributed by atoms with E-state index >= 15 is 0 Å². The summed E-state index contributed by atoms with van der Waals surface area (Å²) in [5.41, 5.74) is 2.25. The van der Waals surface area contributed by atoms with Crippen molar-refractivity contribution in [2.24, 2.45) is 0 Å². The number of amides is 1. The van der Waals surface area contributed by atoms with Gasteiger partial charge in [0.25, 0.3) is 0 Å². The summed E-state index contributed by atoms with van der Waals surface area (Å²) in [7, 11) is 0. The van der Waals surface area contributed by atoms with Crippen LogP contribution in [-0.4, -0.2) is 24.3 Å². The number of carbonyl (C=O) groups excluding carboxylic acids is 2. The number of carbonyl (C=O) groups is 2. The molecule has 0 unspecified atom stereocenters. The van der Waals surface area contributed by atoms with Crippen molar-refractivity contribution in [2.75, 3.05) is 11.9 Å². The first-order chi connectivity index (χ1) is 11.9. The van der Waals surface area contributed by atoms with E-state index in [4.69, 9.17) is 23.2 Å². The van der Waals surface area contributed by atoms with E-state index in [0.717, 1.165) is 5.56 Å². The molecule has 0 aliphatic carbocycles. The molecule has 0 bridgehead atoms. The zero-order chi connectivity index (χ0) is 18.4. The predicted octanol–water partition coefficient (Wildman–Crippen LogP) is 4.36. The van der Waals surface area contributed by atoms with Gasteiger partial charge in [0.2, 0.25) is 5.91 Å². The van der Waals surface area contributed by atoms with Crippen LogP contribution in [-0.2, 0) is 11.2 Å². The minimum atomic E-state index is -0.362. The van der Waals surface area contributed by atoms with Gasteiger partial charge in [0.05, 0.1) is 6.04 Å². The third-order valence-electron chi connectivity index (χ3n) is 3.81. The molecule has 0 aromatic heterocycles. The fourth-order valence-corrected chi connectivity index (χ4v) is 2.78. The van der Waals surface area contributed by atoms with Crippen LogP contribution < -0.4 is 10.6 Å². The largest absolute Gasteiger partial charge is 0.325 e. The zero-order valence-electron chi connectivity index (χ0n) is 14.1. The van der Waals surface area contributed by atoms with Gasteiger partial charge < -0.3 is 10.6 Å². The van der Waals surface area contributed by atoms with Crippen LogP contribution in [0.15, 0.2) is 42.5 Å². The topological polar surface area (TPSA) is 58.2 Å². The van der Waals surface area contributed by atoms with E-state index in [1.807, 2.05) is 6.07 Å². The van der Waals surface area contributed by atoms with Crippen LogP contribution in [0.5, 0.6) is 0 Å². The second-order valence-electron chi connectivity index (χ2n) is 5.78. The van der Waals surface area contributed by atoms with Gasteiger partial charge in [0.15, 0.2) is 5.78 Å². The van der Waals surface area contributed by atoms with Crippen molar-refractivity contribution in [2.45, 2.75) is 26.3 Å². The molecule has 0 saturated carbocycles. The molecular formula is C19H20Cl2N2O2. The number of rotatable bonds is 7. The van der Waals surface area contributed by atoms with Crippen molar-refractivity contribution in [3.63, 3.8) is 0 Å². The molecule has 2 rings (SSSR count). The lowest BCUT2D eigenvalue weighted by molar-refractivity contribution is -0.117. The lowest BCUT2D eigenvalue weighted by atomic mass is 10.1. The summed E-state index contributed by atoms with van der Waals surface area (Å²) in [6.07, 6.45) is 0.695. The van der Waals surface area contributed by atoms with Gasteiger partial charge in [0, 0.05) is 21.3 Å². The van der Waals surface area contributed by atoms with Crippen LogP contribution in [0, 0.1) is 0 Å². The zero-order valence-corrected chi connectivity index (χ0v) is 15.6. The Bertz CT molecular complexity index is 761. The van der Waals surface area contributed by atoms with Gasteiger partial charge in [-0.15, -0.1) is 0 Å². The molecule has 0 saturated heterocycles. The number of hydrogen-bond donors (Lipinski definition) is 2. The van der Waals surface area contributed by atoms with Gasteiger partial charge in [-0.3, -0.25) is 9.59 Å². The second-order valence-corrected chi connectivity index (χ2v) is 6.63. The maximum Gasteiger partial charge on any atom is 0.241 e. The highest BCUT2D eigenvalue weighted by molar-refractivity contribution is 6.35. The molecule has 1 amide bonds. The average Bonchev–Trinajstić information content (AvgIpc) is 2.57. The fourth-order valence-electron chi connectivity index (χ4n) is 2.28. The highest BCUT2D eigenvalue weighted by Gasteiger charge is 2.12. The lowest BCUT2D eigenvalue weighted by Crippen LogP contribution is -2.39. The van der Waals surface area contributed by atoms with Gasteiger partial charge in [-0.1, -0.05) is 29.3 Å². The van der Waals surface area contributed by atoms with Gasteiger partial charge in [0.1, 0.15) is 0 Å². The van der Waals surface area contributed by atoms with Crippen molar-refractivity contribution in [3.05, 3.63) is 63.6 Å². The summed E-state index contributed by atoms with van der Waals surface area (Å²) in [5.74, 6) is -0.147. The molecule has 0 aliphatic rings. The van der Waals surface area contributed by atoms with Gasteiger partial charge in [-0.05, 0) is 68.8 Å². The monoisotopic (exact) mass is 378 g/mol. The van der Waals surface area contributed by atoms with E-state index in [2.05, 4.69) is 10.6 Å². The predicted molar refractivity (Wildman–Crippen MR) is 103 cm³/mol. The van der Waals surface area contributed by atoms with Gasteiger partial charge in [-0.25, -0.2) is 0 Å². The number of anilines is 1. The Morgan fingerprint density at radius 2 is 1.76 bits per heavy atom. The van der Waals surface area contributed by atoms with E-state index in [1.54, 1.807) is 43.3 Å². The van der Waals surface area contributed by atoms with E-state index in [9.17, 15) is 9.59 Å². The molecule has 0 aliphatic heterocycles. The normalized spacial score (nSPS) is 11.8. The first-order valence-corrected chi connectivity index (χ1v) is 8.71. The van der Waals surface area contributed by atoms with Crippen LogP contribution >= 0.6 is 23.2 Å². The first-order valence-electron chi connectivity index (χ1n) is 7.96. The summed E-state index contributed by atoms with van der Waals surface area (Å²) in [4.78, 5) is 23.5. The molecule has 6 heteroatoms. The van der Waals surface area contributed by atoms with Crippen LogP contribution in [0.1, 0.15) is 29.8 Å². The molecule has 2 aromatic rings. The van der Waals surface area contributed by atoms with E-state index in [-0.39, 0.29) is 17.7 Å². The molecule has 0 spiro atoms. The Balaban J connectivity index is 1.82. The van der Waals surface area contributed by atoms with Gasteiger partial charge in [-0.2, -0.15) is 0 Å². The standard InChI is InChI=1S/C19H20Cl2N2O2/c1-12(22-10-9-15-3-6-16(20)11-18(15)21)19(25)23-17-7-4-14(5-8-17)13(2)24/h3-8,11-12,22H,9-10H2,1-2H3,(H,23,25)/t12-/m1/s1. The van der Waals surface area contributed by atoms with E-state index in [1.165, 1.54) is 6.92 Å². The Kier molecular flexibility index (Phi) is 7.00. The smallest absolute Gasteiger partial charge is 0.241 e. The summed E-state index contributed by atoms with van der Waals surface area (Å²) in [6, 6.07) is 11.8. The molecule has 0 heterocycles. The number of ketones is 1. The summed E-state index contributed by atoms with van der Waals surface area (Å²) in [6.45, 7) is 3.91. The van der Waals surface area contributed by atoms with Crippen LogP contribution in [0.25, 0.3) is 0 Å². The Labute approximate surface area is 157 Å². The highest BCUT2D eigenvalue weighted by Crippen LogP contribution is 2.21. The fraction of sp³-hybridized carbons (Fsp3) is 0.263. The van der Waals surface area contributed by atoms with Crippen LogP contribution in [0.4, 0.5) is 5.69 Å². The maximum atomic E-state index is 12.2. The highest BCUT2D eigenvalue weighted by atomic mass is 35.5. The molecular weight excluding hydrogens is 359 g/mol. The van der Waals surface area contributed by atoms with E-state index < -0.39 is 0 Å². The first kappa shape index (κ1) is 19.4. The minimum absolute atomic E-state index is 0.00577. The Morgan fingerprint density at radius 1 is 1.08 bits per heavy atom. The van der Waals surface area contributed by atoms with Crippen LogP contribution in [0.2, 0.25) is 10.0 Å². The quantitative estimate of drug-likeness (QED) is 0.703. The summed E-state index contributed by atoms with van der Waals surface area (Å²) >= 11 is 12.0. The van der Waals surface area contributed by atoms with Crippen molar-refractivity contribution in [1.82, 2.24) is 5.32 Å². The number of Topliss-reactive ketones (excluding diaryl/α,β-unsaturated/α-hetero) is 1. The molecule has 1 atom stereocenters. The number of hydrogen-bond acceptors (Lipinski definition) is 3.